The molecular formula is C24H31N3O4. The molecule has 0 aromatic heterocycles. The van der Waals surface area contributed by atoms with Gasteiger partial charge in [0.15, 0.2) is 11.5 Å². The number of nitrogens with zero attached hydrogens (tertiary/aromatic N) is 1. The van der Waals surface area contributed by atoms with E-state index in [9.17, 15) is 9.59 Å². The molecule has 0 aliphatic rings. The van der Waals surface area contributed by atoms with Gasteiger partial charge in [0.2, 0.25) is 0 Å². The molecule has 7 nitrogen and oxygen atoms in total. The first kappa shape index (κ1) is 23.9. The molecule has 2 rings (SSSR count). The average molecular weight is 426 g/mol. The van der Waals surface area contributed by atoms with E-state index < -0.39 is 6.04 Å². The molecule has 7 heteroatoms. The lowest BCUT2D eigenvalue weighted by Gasteiger charge is -2.20. The van der Waals surface area contributed by atoms with Gasteiger partial charge in [0.25, 0.3) is 11.8 Å². The third-order valence-corrected chi connectivity index (χ3v) is 4.29. The van der Waals surface area contributed by atoms with Crippen molar-refractivity contribution in [1.29, 1.82) is 0 Å². The van der Waals surface area contributed by atoms with Crippen molar-refractivity contribution in [3.8, 4) is 11.5 Å². The molecule has 0 bridgehead atoms. The fourth-order valence-electron chi connectivity index (χ4n) is 2.81. The van der Waals surface area contributed by atoms with E-state index in [2.05, 4.69) is 15.8 Å². The number of ether oxygens (including phenoxy) is 2. The van der Waals surface area contributed by atoms with Gasteiger partial charge in [-0.05, 0) is 62.6 Å². The quantitative estimate of drug-likeness (QED) is 0.448. The minimum atomic E-state index is -0.717. The number of hydrogen-bond donors (Lipinski definition) is 2. The number of rotatable bonds is 10. The summed E-state index contributed by atoms with van der Waals surface area (Å²) in [4.78, 5) is 25.0. The van der Waals surface area contributed by atoms with Crippen LogP contribution >= 0.6 is 0 Å². The van der Waals surface area contributed by atoms with Gasteiger partial charge >= 0.3 is 0 Å². The van der Waals surface area contributed by atoms with Gasteiger partial charge in [-0.1, -0.05) is 32.0 Å². The first-order valence-electron chi connectivity index (χ1n) is 10.4. The molecule has 0 aliphatic carbocycles. The Balaban J connectivity index is 2.04. The Morgan fingerprint density at radius 3 is 2.35 bits per heavy atom. The summed E-state index contributed by atoms with van der Waals surface area (Å²) in [6, 6.07) is 13.5. The number of carbonyl (C=O) groups excluding carboxylic acids is 2. The molecule has 1 atom stereocenters. The second kappa shape index (κ2) is 11.7. The van der Waals surface area contributed by atoms with E-state index in [0.29, 0.717) is 23.7 Å². The van der Waals surface area contributed by atoms with Crippen molar-refractivity contribution in [2.75, 3.05) is 6.61 Å². The van der Waals surface area contributed by atoms with Gasteiger partial charge in [0, 0.05) is 5.56 Å². The number of amides is 2. The standard InChI is InChI=1S/C24H31N3O4/c1-6-30-21-14-18(12-13-20(21)31-17(4)5)15-25-27-24(29)22(16(2)3)26-23(28)19-10-8-7-9-11-19/h7-17,22H,6H2,1-5H3,(H,26,28)(H,27,29). The molecule has 2 aromatic rings. The molecule has 0 heterocycles. The lowest BCUT2D eigenvalue weighted by atomic mass is 10.0. The molecule has 2 N–H and O–H groups in total. The maximum absolute atomic E-state index is 12.6. The molecule has 31 heavy (non-hydrogen) atoms. The molecule has 0 saturated carbocycles. The fourth-order valence-corrected chi connectivity index (χ4v) is 2.81. The fraction of sp³-hybridized carbons (Fsp3) is 0.375. The zero-order chi connectivity index (χ0) is 22.8. The van der Waals surface area contributed by atoms with Crippen LogP contribution in [0, 0.1) is 5.92 Å². The van der Waals surface area contributed by atoms with Crippen LogP contribution in [0.4, 0.5) is 0 Å². The van der Waals surface area contributed by atoms with Gasteiger partial charge in [-0.2, -0.15) is 5.10 Å². The summed E-state index contributed by atoms with van der Waals surface area (Å²) < 4.78 is 11.4. The second-order valence-corrected chi connectivity index (χ2v) is 7.60. The largest absolute Gasteiger partial charge is 0.490 e. The highest BCUT2D eigenvalue weighted by molar-refractivity contribution is 5.97. The van der Waals surface area contributed by atoms with Gasteiger partial charge in [0.1, 0.15) is 6.04 Å². The Bertz CT molecular complexity index is 895. The van der Waals surface area contributed by atoms with Gasteiger partial charge in [-0.15, -0.1) is 0 Å². The Hall–Kier alpha value is -3.35. The van der Waals surface area contributed by atoms with E-state index in [1.165, 1.54) is 6.21 Å². The SMILES string of the molecule is CCOc1cc(C=NNC(=O)C(NC(=O)c2ccccc2)C(C)C)ccc1OC(C)C. The maximum Gasteiger partial charge on any atom is 0.262 e. The molecule has 1 unspecified atom stereocenters. The van der Waals surface area contributed by atoms with Gasteiger partial charge < -0.3 is 14.8 Å². The number of hydrogen-bond acceptors (Lipinski definition) is 5. The van der Waals surface area contributed by atoms with Crippen molar-refractivity contribution in [3.05, 3.63) is 59.7 Å². The zero-order valence-corrected chi connectivity index (χ0v) is 18.7. The molecule has 2 amide bonds. The summed E-state index contributed by atoms with van der Waals surface area (Å²) >= 11 is 0. The van der Waals surface area contributed by atoms with Crippen molar-refractivity contribution in [2.45, 2.75) is 46.8 Å². The van der Waals surface area contributed by atoms with Crippen LogP contribution in [0.15, 0.2) is 53.6 Å². The Labute approximate surface area is 183 Å². The van der Waals surface area contributed by atoms with E-state index in [4.69, 9.17) is 9.47 Å². The summed E-state index contributed by atoms with van der Waals surface area (Å²) in [6.45, 7) is 10.0. The molecular weight excluding hydrogens is 394 g/mol. The van der Waals surface area contributed by atoms with Gasteiger partial charge in [-0.25, -0.2) is 5.43 Å². The third-order valence-electron chi connectivity index (χ3n) is 4.29. The van der Waals surface area contributed by atoms with E-state index in [1.54, 1.807) is 30.3 Å². The molecule has 0 saturated heterocycles. The monoisotopic (exact) mass is 425 g/mol. The minimum Gasteiger partial charge on any atom is -0.490 e. The first-order chi connectivity index (χ1) is 14.8. The normalized spacial score (nSPS) is 12.1. The smallest absolute Gasteiger partial charge is 0.262 e. The molecule has 166 valence electrons. The summed E-state index contributed by atoms with van der Waals surface area (Å²) in [7, 11) is 0. The molecule has 0 radical (unpaired) electrons. The Morgan fingerprint density at radius 1 is 1.03 bits per heavy atom. The predicted molar refractivity (Wildman–Crippen MR) is 122 cm³/mol. The van der Waals surface area contributed by atoms with Gasteiger partial charge in [0.05, 0.1) is 18.9 Å². The van der Waals surface area contributed by atoms with E-state index in [1.807, 2.05) is 52.8 Å². The third kappa shape index (κ3) is 7.44. The molecule has 2 aromatic carbocycles. The van der Waals surface area contributed by atoms with Crippen LogP contribution in [-0.2, 0) is 4.79 Å². The lowest BCUT2D eigenvalue weighted by Crippen LogP contribution is -2.48. The first-order valence-corrected chi connectivity index (χ1v) is 10.4. The Kier molecular flexibility index (Phi) is 9.06. The van der Waals surface area contributed by atoms with Crippen LogP contribution in [0.5, 0.6) is 11.5 Å². The van der Waals surface area contributed by atoms with Crippen LogP contribution < -0.4 is 20.2 Å². The van der Waals surface area contributed by atoms with Crippen molar-refractivity contribution in [1.82, 2.24) is 10.7 Å². The van der Waals surface area contributed by atoms with Crippen LogP contribution in [0.25, 0.3) is 0 Å². The van der Waals surface area contributed by atoms with Crippen molar-refractivity contribution in [3.63, 3.8) is 0 Å². The number of benzene rings is 2. The van der Waals surface area contributed by atoms with Crippen molar-refractivity contribution >= 4 is 18.0 Å². The van der Waals surface area contributed by atoms with Crippen molar-refractivity contribution in [2.24, 2.45) is 11.0 Å². The summed E-state index contributed by atoms with van der Waals surface area (Å²) in [6.07, 6.45) is 1.55. The summed E-state index contributed by atoms with van der Waals surface area (Å²) in [5.41, 5.74) is 3.75. The lowest BCUT2D eigenvalue weighted by molar-refractivity contribution is -0.123. The van der Waals surface area contributed by atoms with E-state index >= 15 is 0 Å². The highest BCUT2D eigenvalue weighted by atomic mass is 16.5. The predicted octanol–water partition coefficient (Wildman–Crippen LogP) is 3.78. The highest BCUT2D eigenvalue weighted by Crippen LogP contribution is 2.28. The minimum absolute atomic E-state index is 0.0251. The Morgan fingerprint density at radius 2 is 1.74 bits per heavy atom. The molecule has 0 spiro atoms. The topological polar surface area (TPSA) is 89.0 Å². The van der Waals surface area contributed by atoms with Crippen LogP contribution in [0.3, 0.4) is 0 Å². The van der Waals surface area contributed by atoms with E-state index in [0.717, 1.165) is 5.56 Å². The number of hydrazone groups is 1. The van der Waals surface area contributed by atoms with Crippen LogP contribution in [0.2, 0.25) is 0 Å². The second-order valence-electron chi connectivity index (χ2n) is 7.60. The zero-order valence-electron chi connectivity index (χ0n) is 18.7. The molecule has 0 fully saturated rings. The van der Waals surface area contributed by atoms with Crippen molar-refractivity contribution < 1.29 is 19.1 Å². The average Bonchev–Trinajstić information content (AvgIpc) is 2.73. The number of carbonyl (C=O) groups is 2. The molecule has 0 aliphatic heterocycles. The van der Waals surface area contributed by atoms with Gasteiger partial charge in [-0.3, -0.25) is 9.59 Å². The number of nitrogens with one attached hydrogen (secondary N) is 2. The maximum atomic E-state index is 12.6. The van der Waals surface area contributed by atoms with Crippen LogP contribution in [-0.4, -0.2) is 36.8 Å². The van der Waals surface area contributed by atoms with E-state index in [-0.39, 0.29) is 23.8 Å². The highest BCUT2D eigenvalue weighted by Gasteiger charge is 2.24. The summed E-state index contributed by atoms with van der Waals surface area (Å²) in [5, 5.41) is 6.82. The summed E-state index contributed by atoms with van der Waals surface area (Å²) in [5.74, 6) is 0.462. The van der Waals surface area contributed by atoms with Crippen LogP contribution in [0.1, 0.15) is 50.5 Å².